The van der Waals surface area contributed by atoms with Gasteiger partial charge in [-0.2, -0.15) is 0 Å². The largest absolute Gasteiger partial charge is 0.522 e. The van der Waals surface area contributed by atoms with Crippen molar-refractivity contribution < 1.29 is 41.5 Å². The summed E-state index contributed by atoms with van der Waals surface area (Å²) in [5.41, 5.74) is 0.639. The highest BCUT2D eigenvalue weighted by atomic mass is 19.4. The third-order valence-electron chi connectivity index (χ3n) is 6.30. The van der Waals surface area contributed by atoms with Crippen molar-refractivity contribution >= 4 is 35.2 Å². The van der Waals surface area contributed by atoms with Crippen molar-refractivity contribution in [1.29, 1.82) is 0 Å². The molecule has 2 heterocycles. The van der Waals surface area contributed by atoms with Gasteiger partial charge in [0.1, 0.15) is 12.6 Å². The van der Waals surface area contributed by atoms with E-state index in [2.05, 4.69) is 36.2 Å². The normalized spacial score (nSPS) is 18.6. The van der Waals surface area contributed by atoms with E-state index in [9.17, 15) is 32.3 Å². The number of nitrogens with one attached hydrogen (secondary N) is 4. The number of halogens is 3. The van der Waals surface area contributed by atoms with Crippen LogP contribution in [0.3, 0.4) is 0 Å². The van der Waals surface area contributed by atoms with Crippen molar-refractivity contribution in [2.24, 2.45) is 11.8 Å². The third-order valence-corrected chi connectivity index (χ3v) is 6.30. The maximum Gasteiger partial charge on any atom is 0.522 e. The molecule has 2 fully saturated rings. The predicted octanol–water partition coefficient (Wildman–Crippen LogP) is 1.83. The number of carbonyl (C=O) groups is 4. The molecule has 1 aliphatic heterocycles. The van der Waals surface area contributed by atoms with Gasteiger partial charge in [-0.3, -0.25) is 23.9 Å². The Labute approximate surface area is 220 Å². The second-order valence-corrected chi connectivity index (χ2v) is 9.38. The molecule has 0 unspecified atom stereocenters. The number of ether oxygens (including phenoxy) is 1. The SMILES string of the molecule is O=C(N[C@@H](CC1CC1)C(=O)N[C@@H](C[C@@H]1CCNC1=O)C(=O)COC(F)(F)F)c1nnc(Nc2ccccc2)o1. The van der Waals surface area contributed by atoms with Crippen LogP contribution in [-0.4, -0.2) is 65.3 Å². The van der Waals surface area contributed by atoms with E-state index in [0.29, 0.717) is 18.7 Å². The lowest BCUT2D eigenvalue weighted by molar-refractivity contribution is -0.321. The molecule has 15 heteroatoms. The summed E-state index contributed by atoms with van der Waals surface area (Å²) in [5, 5.41) is 17.8. The highest BCUT2D eigenvalue weighted by Crippen LogP contribution is 2.33. The van der Waals surface area contributed by atoms with Crippen LogP contribution in [0.25, 0.3) is 0 Å². The predicted molar refractivity (Wildman–Crippen MR) is 127 cm³/mol. The van der Waals surface area contributed by atoms with E-state index in [4.69, 9.17) is 4.42 Å². The van der Waals surface area contributed by atoms with Crippen molar-refractivity contribution in [1.82, 2.24) is 26.1 Å². The van der Waals surface area contributed by atoms with Crippen molar-refractivity contribution in [3.63, 3.8) is 0 Å². The van der Waals surface area contributed by atoms with Crippen LogP contribution < -0.4 is 21.3 Å². The number of amides is 3. The Kier molecular flexibility index (Phi) is 8.79. The molecule has 12 nitrogen and oxygen atoms in total. The first-order valence-electron chi connectivity index (χ1n) is 12.4. The van der Waals surface area contributed by atoms with Gasteiger partial charge in [-0.15, -0.1) is 18.3 Å². The van der Waals surface area contributed by atoms with Gasteiger partial charge in [0.25, 0.3) is 0 Å². The average Bonchev–Trinajstić information content (AvgIpc) is 3.43. The van der Waals surface area contributed by atoms with Crippen LogP contribution in [0.15, 0.2) is 34.7 Å². The van der Waals surface area contributed by atoms with E-state index < -0.39 is 54.5 Å². The molecule has 1 aromatic carbocycles. The lowest BCUT2D eigenvalue weighted by Gasteiger charge is -2.24. The number of hydrogen-bond donors (Lipinski definition) is 4. The minimum absolute atomic E-state index is 0.0558. The molecule has 4 rings (SSSR count). The van der Waals surface area contributed by atoms with Gasteiger partial charge in [0.05, 0.1) is 6.04 Å². The summed E-state index contributed by atoms with van der Waals surface area (Å²) in [4.78, 5) is 50.6. The number of benzene rings is 1. The number of aromatic nitrogens is 2. The molecule has 3 amide bonds. The summed E-state index contributed by atoms with van der Waals surface area (Å²) < 4.78 is 46.5. The molecule has 0 bridgehead atoms. The first-order valence-corrected chi connectivity index (χ1v) is 12.4. The lowest BCUT2D eigenvalue weighted by Crippen LogP contribution is -2.53. The molecule has 3 atom stereocenters. The number of Topliss-reactive ketones (excluding diaryl/α,β-unsaturated/α-hetero) is 1. The molecule has 1 aromatic heterocycles. The standard InChI is InChI=1S/C24H27F3N6O6/c25-24(26,27)38-12-18(34)16(11-14-8-9-28-19(14)35)30-20(36)17(10-13-6-7-13)31-21(37)22-32-33-23(39-22)29-15-4-2-1-3-5-15/h1-5,13-14,16-17H,6-12H2,(H,28,35)(H,29,33)(H,30,36)(H,31,37)/t14-,16-,17-/m0/s1. The molecular formula is C24H27F3N6O6. The summed E-state index contributed by atoms with van der Waals surface area (Å²) in [7, 11) is 0. The quantitative estimate of drug-likeness (QED) is 0.290. The maximum absolute atomic E-state index is 13.2. The van der Waals surface area contributed by atoms with Gasteiger partial charge in [0.2, 0.25) is 11.8 Å². The monoisotopic (exact) mass is 552 g/mol. The molecule has 4 N–H and O–H groups in total. The van der Waals surface area contributed by atoms with Gasteiger partial charge in [-0.25, -0.2) is 0 Å². The van der Waals surface area contributed by atoms with Crippen molar-refractivity contribution in [2.75, 3.05) is 18.5 Å². The molecule has 2 aromatic rings. The fourth-order valence-corrected chi connectivity index (χ4v) is 4.10. The van der Waals surface area contributed by atoms with Gasteiger partial charge in [-0.1, -0.05) is 36.1 Å². The fourth-order valence-electron chi connectivity index (χ4n) is 4.10. The minimum Gasteiger partial charge on any atom is -0.399 e. The topological polar surface area (TPSA) is 165 Å². The molecular weight excluding hydrogens is 525 g/mol. The molecule has 1 saturated carbocycles. The van der Waals surface area contributed by atoms with Crippen molar-refractivity contribution in [3.05, 3.63) is 36.2 Å². The molecule has 1 saturated heterocycles. The number of anilines is 2. The second kappa shape index (κ2) is 12.2. The first-order chi connectivity index (χ1) is 18.6. The first kappa shape index (κ1) is 28.0. The molecule has 0 spiro atoms. The highest BCUT2D eigenvalue weighted by Gasteiger charge is 2.37. The van der Waals surface area contributed by atoms with E-state index >= 15 is 0 Å². The van der Waals surface area contributed by atoms with Crippen molar-refractivity contribution in [2.45, 2.75) is 50.6 Å². The Balaban J connectivity index is 1.42. The van der Waals surface area contributed by atoms with Gasteiger partial charge in [-0.05, 0) is 37.3 Å². The number of rotatable bonds is 13. The summed E-state index contributed by atoms with van der Waals surface area (Å²) in [6.07, 6.45) is -3.01. The van der Waals surface area contributed by atoms with Crippen LogP contribution in [-0.2, 0) is 19.1 Å². The zero-order valence-corrected chi connectivity index (χ0v) is 20.6. The minimum atomic E-state index is -5.05. The number of alkyl halides is 3. The number of hydrogen-bond acceptors (Lipinski definition) is 9. The van der Waals surface area contributed by atoms with Crippen LogP contribution in [0, 0.1) is 11.8 Å². The number of ketones is 1. The van der Waals surface area contributed by atoms with Crippen LogP contribution in [0.2, 0.25) is 0 Å². The van der Waals surface area contributed by atoms with Crippen molar-refractivity contribution in [3.8, 4) is 0 Å². The molecule has 2 aliphatic rings. The summed E-state index contributed by atoms with van der Waals surface area (Å²) >= 11 is 0. The van der Waals surface area contributed by atoms with E-state index in [0.717, 1.165) is 12.8 Å². The van der Waals surface area contributed by atoms with Crippen LogP contribution in [0.4, 0.5) is 24.9 Å². The second-order valence-electron chi connectivity index (χ2n) is 9.38. The third kappa shape index (κ3) is 8.49. The summed E-state index contributed by atoms with van der Waals surface area (Å²) in [6.45, 7) is -0.981. The van der Waals surface area contributed by atoms with Crippen LogP contribution in [0.1, 0.15) is 42.8 Å². The lowest BCUT2D eigenvalue weighted by atomic mass is 9.95. The smallest absolute Gasteiger partial charge is 0.399 e. The average molecular weight is 553 g/mol. The van der Waals surface area contributed by atoms with E-state index in [1.807, 2.05) is 6.07 Å². The van der Waals surface area contributed by atoms with Gasteiger partial charge in [0.15, 0.2) is 5.78 Å². The number of para-hydroxylation sites is 1. The Hall–Kier alpha value is -4.01. The van der Waals surface area contributed by atoms with Gasteiger partial charge in [0, 0.05) is 18.2 Å². The highest BCUT2D eigenvalue weighted by molar-refractivity contribution is 5.96. The number of nitrogens with zero attached hydrogens (tertiary/aromatic N) is 2. The molecule has 210 valence electrons. The Morgan fingerprint density at radius 2 is 1.79 bits per heavy atom. The Morgan fingerprint density at radius 1 is 1.05 bits per heavy atom. The summed E-state index contributed by atoms with van der Waals surface area (Å²) in [5.74, 6) is -4.00. The molecule has 0 radical (unpaired) electrons. The molecule has 1 aliphatic carbocycles. The van der Waals surface area contributed by atoms with Crippen LogP contribution in [0.5, 0.6) is 0 Å². The fraction of sp³-hybridized carbons (Fsp3) is 0.500. The Bertz CT molecular complexity index is 1190. The summed E-state index contributed by atoms with van der Waals surface area (Å²) in [6, 6.07) is 6.22. The zero-order valence-electron chi connectivity index (χ0n) is 20.6. The van der Waals surface area contributed by atoms with Gasteiger partial charge < -0.3 is 25.7 Å². The molecule has 39 heavy (non-hydrogen) atoms. The van der Waals surface area contributed by atoms with E-state index in [1.165, 1.54) is 0 Å². The van der Waals surface area contributed by atoms with E-state index in [-0.39, 0.29) is 30.7 Å². The van der Waals surface area contributed by atoms with Crippen LogP contribution >= 0.6 is 0 Å². The maximum atomic E-state index is 13.2. The van der Waals surface area contributed by atoms with Gasteiger partial charge >= 0.3 is 24.2 Å². The zero-order chi connectivity index (χ0) is 28.0. The number of carbonyl (C=O) groups excluding carboxylic acids is 4. The van der Waals surface area contributed by atoms with E-state index in [1.54, 1.807) is 24.3 Å². The Morgan fingerprint density at radius 3 is 2.44 bits per heavy atom.